The van der Waals surface area contributed by atoms with Gasteiger partial charge in [-0.3, -0.25) is 4.79 Å². The lowest BCUT2D eigenvalue weighted by Gasteiger charge is -2.30. The van der Waals surface area contributed by atoms with E-state index in [-0.39, 0.29) is 16.7 Å². The predicted octanol–water partition coefficient (Wildman–Crippen LogP) is 0.951. The normalized spacial score (nSPS) is 16.6. The van der Waals surface area contributed by atoms with E-state index < -0.39 is 10.0 Å². The summed E-state index contributed by atoms with van der Waals surface area (Å²) in [5, 5.41) is 2.91. The second kappa shape index (κ2) is 9.17. The summed E-state index contributed by atoms with van der Waals surface area (Å²) in [6.45, 7) is 1.96. The van der Waals surface area contributed by atoms with E-state index in [9.17, 15) is 13.2 Å². The predicted molar refractivity (Wildman–Crippen MR) is 95.8 cm³/mol. The Labute approximate surface area is 149 Å². The first-order chi connectivity index (χ1) is 12.0. The lowest BCUT2D eigenvalue weighted by atomic mass is 9.97. The Kier molecular flexibility index (Phi) is 7.22. The SMILES string of the molecule is COc1ccc(S(=O)(=O)N2CCC(C(=O)NCCCCN)CC2)cc1. The fourth-order valence-corrected chi connectivity index (χ4v) is 4.35. The molecule has 0 unspecified atom stereocenters. The van der Waals surface area contributed by atoms with Crippen molar-refractivity contribution in [3.8, 4) is 5.75 Å². The van der Waals surface area contributed by atoms with Crippen LogP contribution in [0.4, 0.5) is 0 Å². The minimum atomic E-state index is -3.53. The van der Waals surface area contributed by atoms with Gasteiger partial charge in [-0.05, 0) is 56.5 Å². The van der Waals surface area contributed by atoms with E-state index in [2.05, 4.69) is 5.32 Å². The van der Waals surface area contributed by atoms with Crippen LogP contribution in [0.1, 0.15) is 25.7 Å². The third kappa shape index (κ3) is 5.17. The van der Waals surface area contributed by atoms with Crippen LogP contribution in [0.15, 0.2) is 29.2 Å². The summed E-state index contributed by atoms with van der Waals surface area (Å²) in [7, 11) is -1.99. The maximum absolute atomic E-state index is 12.7. The fraction of sp³-hybridized carbons (Fsp3) is 0.588. The van der Waals surface area contributed by atoms with E-state index in [0.29, 0.717) is 44.8 Å². The van der Waals surface area contributed by atoms with Gasteiger partial charge < -0.3 is 15.8 Å². The number of unbranched alkanes of at least 4 members (excludes halogenated alkanes) is 1. The standard InChI is InChI=1S/C17H27N3O4S/c1-24-15-4-6-16(7-5-15)25(22,23)20-12-8-14(9-13-20)17(21)19-11-3-2-10-18/h4-7,14H,2-3,8-13,18H2,1H3,(H,19,21). The number of hydrogen-bond donors (Lipinski definition) is 2. The minimum Gasteiger partial charge on any atom is -0.497 e. The van der Waals surface area contributed by atoms with Gasteiger partial charge in [-0.15, -0.1) is 0 Å². The summed E-state index contributed by atoms with van der Waals surface area (Å²) < 4.78 is 31.9. The summed E-state index contributed by atoms with van der Waals surface area (Å²) >= 11 is 0. The first-order valence-electron chi connectivity index (χ1n) is 8.61. The zero-order valence-corrected chi connectivity index (χ0v) is 15.4. The van der Waals surface area contributed by atoms with Crippen molar-refractivity contribution in [3.63, 3.8) is 0 Å². The number of amides is 1. The number of ether oxygens (including phenoxy) is 1. The van der Waals surface area contributed by atoms with Crippen LogP contribution in [0.2, 0.25) is 0 Å². The Morgan fingerprint density at radius 3 is 2.44 bits per heavy atom. The molecule has 1 fully saturated rings. The maximum atomic E-state index is 12.7. The largest absolute Gasteiger partial charge is 0.497 e. The number of carbonyl (C=O) groups excluding carboxylic acids is 1. The van der Waals surface area contributed by atoms with Crippen LogP contribution in [0.25, 0.3) is 0 Å². The molecule has 0 spiro atoms. The number of rotatable bonds is 8. The van der Waals surface area contributed by atoms with Crippen LogP contribution in [0, 0.1) is 5.92 Å². The molecule has 1 aromatic rings. The summed E-state index contributed by atoms with van der Waals surface area (Å²) in [6, 6.07) is 6.36. The molecule has 25 heavy (non-hydrogen) atoms. The highest BCUT2D eigenvalue weighted by Gasteiger charge is 2.31. The molecule has 1 aromatic carbocycles. The van der Waals surface area contributed by atoms with Crippen molar-refractivity contribution in [3.05, 3.63) is 24.3 Å². The number of benzene rings is 1. The molecule has 8 heteroatoms. The van der Waals surface area contributed by atoms with Crippen molar-refractivity contribution < 1.29 is 17.9 Å². The van der Waals surface area contributed by atoms with Crippen LogP contribution >= 0.6 is 0 Å². The zero-order valence-electron chi connectivity index (χ0n) is 14.6. The molecule has 0 aromatic heterocycles. The van der Waals surface area contributed by atoms with E-state index >= 15 is 0 Å². The van der Waals surface area contributed by atoms with Crippen molar-refractivity contribution in [2.75, 3.05) is 33.3 Å². The van der Waals surface area contributed by atoms with Crippen molar-refractivity contribution in [1.82, 2.24) is 9.62 Å². The van der Waals surface area contributed by atoms with Crippen molar-refractivity contribution >= 4 is 15.9 Å². The minimum absolute atomic E-state index is 0.0125. The van der Waals surface area contributed by atoms with Crippen LogP contribution in [0.5, 0.6) is 5.75 Å². The molecule has 0 saturated carbocycles. The topological polar surface area (TPSA) is 102 Å². The van der Waals surface area contributed by atoms with Crippen molar-refractivity contribution in [2.24, 2.45) is 11.7 Å². The first kappa shape index (κ1) is 19.7. The smallest absolute Gasteiger partial charge is 0.243 e. The fourth-order valence-electron chi connectivity index (χ4n) is 2.88. The number of carbonyl (C=O) groups is 1. The molecule has 0 bridgehead atoms. The van der Waals surface area contributed by atoms with Crippen molar-refractivity contribution in [2.45, 2.75) is 30.6 Å². The number of sulfonamides is 1. The maximum Gasteiger partial charge on any atom is 0.243 e. The quantitative estimate of drug-likeness (QED) is 0.664. The van der Waals surface area contributed by atoms with E-state index in [1.54, 1.807) is 24.3 Å². The third-order valence-corrected chi connectivity index (χ3v) is 6.36. The highest BCUT2D eigenvalue weighted by atomic mass is 32.2. The molecule has 1 saturated heterocycles. The summed E-state index contributed by atoms with van der Waals surface area (Å²) in [4.78, 5) is 12.4. The molecule has 0 atom stereocenters. The van der Waals surface area contributed by atoms with Crippen LogP contribution in [0.3, 0.4) is 0 Å². The molecule has 2 rings (SSSR count). The average Bonchev–Trinajstić information content (AvgIpc) is 2.65. The Hall–Kier alpha value is -1.64. The highest BCUT2D eigenvalue weighted by Crippen LogP contribution is 2.25. The van der Waals surface area contributed by atoms with Gasteiger partial charge in [0.15, 0.2) is 0 Å². The molecular weight excluding hydrogens is 342 g/mol. The Bertz CT molecular complexity index is 653. The van der Waals surface area contributed by atoms with Gasteiger partial charge in [0.05, 0.1) is 12.0 Å². The van der Waals surface area contributed by atoms with Crippen molar-refractivity contribution in [1.29, 1.82) is 0 Å². The molecule has 0 radical (unpaired) electrons. The average molecular weight is 369 g/mol. The Morgan fingerprint density at radius 2 is 1.88 bits per heavy atom. The molecule has 1 aliphatic heterocycles. The number of piperidine rings is 1. The van der Waals surface area contributed by atoms with Gasteiger partial charge in [-0.2, -0.15) is 4.31 Å². The number of hydrogen-bond acceptors (Lipinski definition) is 5. The van der Waals surface area contributed by atoms with Crippen LogP contribution in [-0.2, 0) is 14.8 Å². The van der Waals surface area contributed by atoms with E-state index in [0.717, 1.165) is 12.8 Å². The monoisotopic (exact) mass is 369 g/mol. The summed E-state index contributed by atoms with van der Waals surface area (Å²) in [6.07, 6.45) is 2.84. The summed E-state index contributed by atoms with van der Waals surface area (Å²) in [5.74, 6) is 0.502. The number of nitrogens with one attached hydrogen (secondary N) is 1. The number of nitrogens with zero attached hydrogens (tertiary/aromatic N) is 1. The second-order valence-electron chi connectivity index (χ2n) is 6.14. The molecule has 7 nitrogen and oxygen atoms in total. The third-order valence-electron chi connectivity index (χ3n) is 4.45. The van der Waals surface area contributed by atoms with E-state index in [1.807, 2.05) is 0 Å². The van der Waals surface area contributed by atoms with Gasteiger partial charge in [0.2, 0.25) is 15.9 Å². The number of methoxy groups -OCH3 is 1. The van der Waals surface area contributed by atoms with Gasteiger partial charge in [0, 0.05) is 25.6 Å². The molecule has 0 aliphatic carbocycles. The molecule has 3 N–H and O–H groups in total. The molecule has 1 amide bonds. The zero-order chi connectivity index (χ0) is 18.3. The Balaban J connectivity index is 1.88. The van der Waals surface area contributed by atoms with Gasteiger partial charge in [0.25, 0.3) is 0 Å². The summed E-state index contributed by atoms with van der Waals surface area (Å²) in [5.41, 5.74) is 5.43. The molecular formula is C17H27N3O4S. The van der Waals surface area contributed by atoms with Crippen LogP contribution < -0.4 is 15.8 Å². The molecule has 140 valence electrons. The number of nitrogens with two attached hydrogens (primary N) is 1. The van der Waals surface area contributed by atoms with Gasteiger partial charge in [0.1, 0.15) is 5.75 Å². The van der Waals surface area contributed by atoms with Crippen LogP contribution in [-0.4, -0.2) is 51.9 Å². The second-order valence-corrected chi connectivity index (χ2v) is 8.08. The molecule has 1 heterocycles. The lowest BCUT2D eigenvalue weighted by molar-refractivity contribution is -0.126. The molecule has 1 aliphatic rings. The van der Waals surface area contributed by atoms with Gasteiger partial charge >= 0.3 is 0 Å². The Morgan fingerprint density at radius 1 is 1.24 bits per heavy atom. The lowest BCUT2D eigenvalue weighted by Crippen LogP contribution is -2.43. The van der Waals surface area contributed by atoms with Gasteiger partial charge in [-0.25, -0.2) is 8.42 Å². The first-order valence-corrected chi connectivity index (χ1v) is 10.0. The highest BCUT2D eigenvalue weighted by molar-refractivity contribution is 7.89. The van der Waals surface area contributed by atoms with Gasteiger partial charge in [-0.1, -0.05) is 0 Å². The van der Waals surface area contributed by atoms with E-state index in [4.69, 9.17) is 10.5 Å². The van der Waals surface area contributed by atoms with E-state index in [1.165, 1.54) is 11.4 Å².